The van der Waals surface area contributed by atoms with Crippen LogP contribution in [0.25, 0.3) is 22.3 Å². The van der Waals surface area contributed by atoms with Crippen LogP contribution in [0.2, 0.25) is 0 Å². The molecule has 246 valence electrons. The standard InChI is InChI=1S/C37H45N7O3/c1-42-15-17-44(18-16-42)32-14-12-27-19-26(11-13-29(27)32)25-9-7-24(8-10-25)23-47-33-6-4-5-31(33)41-37(45)34-35(46-3)30(21-39-36(34)38)28-20-40-43(2)22-28/h7-11,13,19-22,31-33H,4-6,12,14-18,23H2,1-3H3,(H2,38,39)(H,41,45)/t31-,32-,33-/m0/s1. The maximum Gasteiger partial charge on any atom is 0.259 e. The second-order valence-corrected chi connectivity index (χ2v) is 13.2. The first-order chi connectivity index (χ1) is 22.9. The summed E-state index contributed by atoms with van der Waals surface area (Å²) in [6.07, 6.45) is 10.1. The number of likely N-dealkylation sites (N-methyl/N-ethyl adjacent to an activating group) is 1. The van der Waals surface area contributed by atoms with Crippen LogP contribution in [-0.4, -0.2) is 83.0 Å². The number of aryl methyl sites for hydroxylation is 2. The number of hydrogen-bond donors (Lipinski definition) is 2. The zero-order valence-electron chi connectivity index (χ0n) is 27.6. The third-order valence-corrected chi connectivity index (χ3v) is 10.2. The molecule has 3 heterocycles. The maximum atomic E-state index is 13.6. The van der Waals surface area contributed by atoms with Gasteiger partial charge >= 0.3 is 0 Å². The summed E-state index contributed by atoms with van der Waals surface area (Å²) in [6, 6.07) is 16.2. The SMILES string of the molecule is COc1c(-c2cnn(C)c2)cnc(N)c1C(=O)N[C@H]1CCC[C@@H]1OCc1ccc(-c2ccc3c(c2)CC[C@@H]3N2CCN(C)CC2)cc1. The number of nitrogens with two attached hydrogens (primary N) is 1. The van der Waals surface area contributed by atoms with Crippen molar-refractivity contribution >= 4 is 11.7 Å². The molecule has 1 saturated heterocycles. The van der Waals surface area contributed by atoms with Crippen molar-refractivity contribution in [2.75, 3.05) is 46.1 Å². The summed E-state index contributed by atoms with van der Waals surface area (Å²) in [6.45, 7) is 5.10. The second kappa shape index (κ2) is 13.5. The zero-order chi connectivity index (χ0) is 32.5. The molecule has 2 aromatic heterocycles. The highest BCUT2D eigenvalue weighted by atomic mass is 16.5. The Bertz CT molecular complexity index is 1730. The van der Waals surface area contributed by atoms with Crippen molar-refractivity contribution in [1.29, 1.82) is 0 Å². The average molecular weight is 636 g/mol. The van der Waals surface area contributed by atoms with E-state index >= 15 is 0 Å². The van der Waals surface area contributed by atoms with Crippen molar-refractivity contribution in [3.05, 3.63) is 83.3 Å². The van der Waals surface area contributed by atoms with Gasteiger partial charge in [0.15, 0.2) is 0 Å². The molecule has 1 saturated carbocycles. The molecule has 3 atom stereocenters. The Balaban J connectivity index is 0.976. The van der Waals surface area contributed by atoms with Crippen molar-refractivity contribution in [3.63, 3.8) is 0 Å². The van der Waals surface area contributed by atoms with E-state index in [9.17, 15) is 4.79 Å². The summed E-state index contributed by atoms with van der Waals surface area (Å²) in [7, 11) is 5.59. The van der Waals surface area contributed by atoms with Gasteiger partial charge < -0.3 is 25.4 Å². The number of nitrogens with one attached hydrogen (secondary N) is 1. The lowest BCUT2D eigenvalue weighted by molar-refractivity contribution is 0.0272. The predicted molar refractivity (Wildman–Crippen MR) is 183 cm³/mol. The Morgan fingerprint density at radius 1 is 0.979 bits per heavy atom. The Morgan fingerprint density at radius 3 is 2.51 bits per heavy atom. The van der Waals surface area contributed by atoms with Crippen molar-refractivity contribution in [3.8, 4) is 28.0 Å². The number of carbonyl (C=O) groups excluding carboxylic acids is 1. The van der Waals surface area contributed by atoms with Crippen LogP contribution in [0.5, 0.6) is 5.75 Å². The summed E-state index contributed by atoms with van der Waals surface area (Å²) in [5.41, 5.74) is 14.5. The summed E-state index contributed by atoms with van der Waals surface area (Å²) >= 11 is 0. The van der Waals surface area contributed by atoms with E-state index in [0.717, 1.165) is 63.0 Å². The van der Waals surface area contributed by atoms with Gasteiger partial charge in [-0.3, -0.25) is 14.4 Å². The van der Waals surface area contributed by atoms with Crippen LogP contribution >= 0.6 is 0 Å². The van der Waals surface area contributed by atoms with Crippen molar-refractivity contribution in [2.45, 2.75) is 56.9 Å². The first-order valence-electron chi connectivity index (χ1n) is 16.8. The third kappa shape index (κ3) is 6.50. The molecule has 0 spiro atoms. The lowest BCUT2D eigenvalue weighted by Crippen LogP contribution is -2.45. The zero-order valence-corrected chi connectivity index (χ0v) is 27.6. The number of rotatable bonds is 9. The third-order valence-electron chi connectivity index (χ3n) is 10.2. The molecule has 0 radical (unpaired) electrons. The van der Waals surface area contributed by atoms with Gasteiger partial charge in [-0.15, -0.1) is 0 Å². The molecule has 10 nitrogen and oxygen atoms in total. The number of carbonyl (C=O) groups is 1. The number of piperazine rings is 1. The van der Waals surface area contributed by atoms with Gasteiger partial charge in [0.25, 0.3) is 5.91 Å². The fraction of sp³-hybridized carbons (Fsp3) is 0.432. The van der Waals surface area contributed by atoms with E-state index < -0.39 is 0 Å². The van der Waals surface area contributed by atoms with Gasteiger partial charge in [0.1, 0.15) is 17.1 Å². The smallest absolute Gasteiger partial charge is 0.259 e. The van der Waals surface area contributed by atoms with E-state index in [1.54, 1.807) is 17.1 Å². The molecule has 1 aliphatic heterocycles. The molecule has 2 aliphatic carbocycles. The van der Waals surface area contributed by atoms with Gasteiger partial charge in [-0.1, -0.05) is 42.5 Å². The summed E-state index contributed by atoms with van der Waals surface area (Å²) < 4.78 is 13.8. The normalized spacial score (nSPS) is 21.6. The Morgan fingerprint density at radius 2 is 1.77 bits per heavy atom. The molecule has 10 heteroatoms. The first-order valence-corrected chi connectivity index (χ1v) is 16.8. The minimum absolute atomic E-state index is 0.0923. The number of fused-ring (bicyclic) bond motifs is 1. The van der Waals surface area contributed by atoms with Gasteiger partial charge in [0, 0.05) is 62.8 Å². The summed E-state index contributed by atoms with van der Waals surface area (Å²) in [4.78, 5) is 23.0. The minimum Gasteiger partial charge on any atom is -0.495 e. The van der Waals surface area contributed by atoms with E-state index in [1.807, 2.05) is 13.2 Å². The molecule has 47 heavy (non-hydrogen) atoms. The van der Waals surface area contributed by atoms with Crippen LogP contribution in [0, 0.1) is 0 Å². The Labute approximate surface area is 276 Å². The van der Waals surface area contributed by atoms with Crippen LogP contribution in [0.3, 0.4) is 0 Å². The average Bonchev–Trinajstić information content (AvgIpc) is 3.84. The van der Waals surface area contributed by atoms with Crippen LogP contribution in [0.15, 0.2) is 61.1 Å². The largest absolute Gasteiger partial charge is 0.495 e. The van der Waals surface area contributed by atoms with Crippen molar-refractivity contribution in [1.82, 2.24) is 29.9 Å². The minimum atomic E-state index is -0.313. The highest BCUT2D eigenvalue weighted by Gasteiger charge is 2.32. The van der Waals surface area contributed by atoms with Gasteiger partial charge in [-0.05, 0) is 67.0 Å². The monoisotopic (exact) mass is 635 g/mol. The van der Waals surface area contributed by atoms with Crippen LogP contribution < -0.4 is 15.8 Å². The van der Waals surface area contributed by atoms with E-state index in [4.69, 9.17) is 15.2 Å². The van der Waals surface area contributed by atoms with Crippen LogP contribution in [-0.2, 0) is 24.8 Å². The van der Waals surface area contributed by atoms with E-state index in [2.05, 4.69) is 74.7 Å². The molecule has 0 unspecified atom stereocenters. The lowest BCUT2D eigenvalue weighted by Gasteiger charge is -2.36. The number of anilines is 1. The number of pyridine rings is 1. The Hall–Kier alpha value is -4.25. The van der Waals surface area contributed by atoms with Crippen molar-refractivity contribution < 1.29 is 14.3 Å². The molecule has 1 amide bonds. The highest BCUT2D eigenvalue weighted by Crippen LogP contribution is 2.39. The molecular weight excluding hydrogens is 590 g/mol. The fourth-order valence-electron chi connectivity index (χ4n) is 7.52. The summed E-state index contributed by atoms with van der Waals surface area (Å²) in [5.74, 6) is 0.198. The molecule has 0 bridgehead atoms. The summed E-state index contributed by atoms with van der Waals surface area (Å²) in [5, 5.41) is 7.41. The second-order valence-electron chi connectivity index (χ2n) is 13.2. The van der Waals surface area contributed by atoms with Crippen LogP contribution in [0.1, 0.15) is 58.8 Å². The molecular formula is C37H45N7O3. The topological polar surface area (TPSA) is 111 Å². The van der Waals surface area contributed by atoms with E-state index in [0.29, 0.717) is 24.0 Å². The van der Waals surface area contributed by atoms with Gasteiger partial charge in [0.2, 0.25) is 0 Å². The maximum absolute atomic E-state index is 13.6. The van der Waals surface area contributed by atoms with E-state index in [1.165, 1.54) is 35.8 Å². The fourth-order valence-corrected chi connectivity index (χ4v) is 7.52. The molecule has 7 rings (SSSR count). The molecule has 2 fully saturated rings. The molecule has 4 aromatic rings. The number of benzene rings is 2. The van der Waals surface area contributed by atoms with Gasteiger partial charge in [-0.25, -0.2) is 4.98 Å². The number of methoxy groups -OCH3 is 1. The number of amides is 1. The van der Waals surface area contributed by atoms with Crippen molar-refractivity contribution in [2.24, 2.45) is 7.05 Å². The van der Waals surface area contributed by atoms with Crippen LogP contribution in [0.4, 0.5) is 5.82 Å². The molecule has 3 N–H and O–H groups in total. The number of aromatic nitrogens is 3. The molecule has 3 aliphatic rings. The highest BCUT2D eigenvalue weighted by molar-refractivity contribution is 6.03. The quantitative estimate of drug-likeness (QED) is 0.269. The number of ether oxygens (including phenoxy) is 2. The Kier molecular flexibility index (Phi) is 8.98. The number of nitrogen functional groups attached to an aromatic ring is 1. The lowest BCUT2D eigenvalue weighted by atomic mass is 9.98. The first kappa shape index (κ1) is 31.4. The number of nitrogens with zero attached hydrogens (tertiary/aromatic N) is 5. The molecule has 2 aromatic carbocycles. The predicted octanol–water partition coefficient (Wildman–Crippen LogP) is 4.84. The van der Waals surface area contributed by atoms with Gasteiger partial charge in [-0.2, -0.15) is 5.10 Å². The van der Waals surface area contributed by atoms with Gasteiger partial charge in [0.05, 0.1) is 32.1 Å². The van der Waals surface area contributed by atoms with E-state index in [-0.39, 0.29) is 29.4 Å². The number of hydrogen-bond acceptors (Lipinski definition) is 8.